The summed E-state index contributed by atoms with van der Waals surface area (Å²) >= 11 is 0. The van der Waals surface area contributed by atoms with Gasteiger partial charge in [0.15, 0.2) is 0 Å². The van der Waals surface area contributed by atoms with Crippen LogP contribution in [0.5, 0.6) is 0 Å². The minimum absolute atomic E-state index is 0.0488. The van der Waals surface area contributed by atoms with Gasteiger partial charge in [0.25, 0.3) is 0 Å². The van der Waals surface area contributed by atoms with E-state index in [1.807, 2.05) is 25.1 Å². The minimum atomic E-state index is -0.0488. The number of amides is 1. The lowest BCUT2D eigenvalue weighted by Crippen LogP contribution is -2.17. The lowest BCUT2D eigenvalue weighted by atomic mass is 10.1. The molecule has 4 heteroatoms. The fourth-order valence-corrected chi connectivity index (χ4v) is 1.73. The highest BCUT2D eigenvalue weighted by Crippen LogP contribution is 2.20. The van der Waals surface area contributed by atoms with Crippen LogP contribution in [0, 0.1) is 6.92 Å². The first-order valence-electron chi connectivity index (χ1n) is 6.16. The van der Waals surface area contributed by atoms with Gasteiger partial charge in [0.05, 0.1) is 0 Å². The normalized spacial score (nSPS) is 12.0. The van der Waals surface area contributed by atoms with E-state index in [1.54, 1.807) is 7.11 Å². The Kier molecular flexibility index (Phi) is 5.65. The fourth-order valence-electron chi connectivity index (χ4n) is 1.73. The van der Waals surface area contributed by atoms with Crippen LogP contribution in [-0.2, 0) is 9.53 Å². The van der Waals surface area contributed by atoms with Crippen LogP contribution in [-0.4, -0.2) is 25.7 Å². The molecule has 0 spiro atoms. The number of hydrogen-bond acceptors (Lipinski definition) is 3. The number of hydrogen-bond donors (Lipinski definition) is 2. The smallest absolute Gasteiger partial charge is 0.221 e. The van der Waals surface area contributed by atoms with Crippen LogP contribution in [0.2, 0.25) is 0 Å². The Hall–Kier alpha value is -1.55. The largest absolute Gasteiger partial charge is 0.385 e. The minimum Gasteiger partial charge on any atom is -0.385 e. The number of methoxy groups -OCH3 is 1. The second-order valence-electron chi connectivity index (χ2n) is 4.54. The summed E-state index contributed by atoms with van der Waals surface area (Å²) in [6.07, 6.45) is 0.961. The zero-order chi connectivity index (χ0) is 13.5. The van der Waals surface area contributed by atoms with Crippen LogP contribution >= 0.6 is 0 Å². The summed E-state index contributed by atoms with van der Waals surface area (Å²) in [4.78, 5) is 11.0. The summed E-state index contributed by atoms with van der Waals surface area (Å²) in [6, 6.07) is 6.29. The molecule has 0 saturated heterocycles. The van der Waals surface area contributed by atoms with E-state index in [0.29, 0.717) is 6.04 Å². The number of ether oxygens (including phenoxy) is 1. The monoisotopic (exact) mass is 250 g/mol. The Labute approximate surface area is 109 Å². The molecule has 4 nitrogen and oxygen atoms in total. The van der Waals surface area contributed by atoms with E-state index >= 15 is 0 Å². The van der Waals surface area contributed by atoms with Crippen LogP contribution < -0.4 is 10.6 Å². The molecule has 0 aliphatic heterocycles. The molecule has 0 bridgehead atoms. The van der Waals surface area contributed by atoms with Crippen molar-refractivity contribution in [2.75, 3.05) is 24.4 Å². The van der Waals surface area contributed by atoms with E-state index in [9.17, 15) is 4.79 Å². The van der Waals surface area contributed by atoms with E-state index in [4.69, 9.17) is 4.74 Å². The van der Waals surface area contributed by atoms with Crippen molar-refractivity contribution in [3.05, 3.63) is 23.8 Å². The van der Waals surface area contributed by atoms with Crippen molar-refractivity contribution >= 4 is 17.3 Å². The molecule has 0 saturated carbocycles. The van der Waals surface area contributed by atoms with Gasteiger partial charge in [-0.1, -0.05) is 0 Å². The van der Waals surface area contributed by atoms with E-state index in [0.717, 1.165) is 30.0 Å². The lowest BCUT2D eigenvalue weighted by Gasteiger charge is -2.16. The van der Waals surface area contributed by atoms with Gasteiger partial charge >= 0.3 is 0 Å². The molecule has 1 atom stereocenters. The summed E-state index contributed by atoms with van der Waals surface area (Å²) in [5.41, 5.74) is 2.97. The molecule has 18 heavy (non-hydrogen) atoms. The van der Waals surface area contributed by atoms with Gasteiger partial charge in [-0.05, 0) is 44.0 Å². The van der Waals surface area contributed by atoms with Gasteiger partial charge in [-0.3, -0.25) is 4.79 Å². The third-order valence-corrected chi connectivity index (χ3v) is 2.71. The zero-order valence-electron chi connectivity index (χ0n) is 11.5. The number of nitrogens with one attached hydrogen (secondary N) is 2. The molecule has 0 aliphatic carbocycles. The molecule has 1 aromatic carbocycles. The number of aryl methyl sites for hydroxylation is 1. The average Bonchev–Trinajstić information content (AvgIpc) is 2.29. The number of carbonyl (C=O) groups excluding carboxylic acids is 1. The highest BCUT2D eigenvalue weighted by Gasteiger charge is 2.04. The van der Waals surface area contributed by atoms with Crippen molar-refractivity contribution in [3.8, 4) is 0 Å². The maximum atomic E-state index is 11.0. The second kappa shape index (κ2) is 7.01. The van der Waals surface area contributed by atoms with Gasteiger partial charge in [0.1, 0.15) is 0 Å². The molecule has 100 valence electrons. The summed E-state index contributed by atoms with van der Waals surface area (Å²) < 4.78 is 5.05. The summed E-state index contributed by atoms with van der Waals surface area (Å²) in [5, 5.41) is 6.21. The molecule has 1 unspecified atom stereocenters. The first kappa shape index (κ1) is 14.5. The van der Waals surface area contributed by atoms with Crippen LogP contribution in [0.1, 0.15) is 25.8 Å². The lowest BCUT2D eigenvalue weighted by molar-refractivity contribution is -0.114. The molecule has 0 aromatic heterocycles. The predicted molar refractivity (Wildman–Crippen MR) is 75.1 cm³/mol. The van der Waals surface area contributed by atoms with Gasteiger partial charge < -0.3 is 15.4 Å². The number of benzene rings is 1. The van der Waals surface area contributed by atoms with Gasteiger partial charge in [-0.2, -0.15) is 0 Å². The van der Waals surface area contributed by atoms with Crippen molar-refractivity contribution in [1.82, 2.24) is 0 Å². The first-order valence-corrected chi connectivity index (χ1v) is 6.16. The molecule has 1 aromatic rings. The zero-order valence-corrected chi connectivity index (χ0v) is 11.5. The summed E-state index contributed by atoms with van der Waals surface area (Å²) in [5.74, 6) is -0.0488. The average molecular weight is 250 g/mol. The molecule has 2 N–H and O–H groups in total. The van der Waals surface area contributed by atoms with Crippen molar-refractivity contribution in [3.63, 3.8) is 0 Å². The molecule has 0 radical (unpaired) electrons. The first-order chi connectivity index (χ1) is 8.52. The van der Waals surface area contributed by atoms with Crippen molar-refractivity contribution in [2.45, 2.75) is 33.2 Å². The SMILES string of the molecule is COCCC(C)Nc1ccc(NC(C)=O)c(C)c1. The third kappa shape index (κ3) is 4.75. The number of carbonyl (C=O) groups is 1. The standard InChI is InChI=1S/C14H22N2O2/c1-10-9-13(15-11(2)7-8-18-4)5-6-14(10)16-12(3)17/h5-6,9,11,15H,7-8H2,1-4H3,(H,16,17). The number of anilines is 2. The molecular weight excluding hydrogens is 228 g/mol. The van der Waals surface area contributed by atoms with Crippen LogP contribution in [0.25, 0.3) is 0 Å². The Bertz CT molecular complexity index is 405. The van der Waals surface area contributed by atoms with Crippen LogP contribution in [0.15, 0.2) is 18.2 Å². The highest BCUT2D eigenvalue weighted by molar-refractivity contribution is 5.89. The fraction of sp³-hybridized carbons (Fsp3) is 0.500. The van der Waals surface area contributed by atoms with Crippen molar-refractivity contribution in [2.24, 2.45) is 0 Å². The molecule has 0 fully saturated rings. The van der Waals surface area contributed by atoms with Gasteiger partial charge in [0, 0.05) is 38.1 Å². The maximum Gasteiger partial charge on any atom is 0.221 e. The van der Waals surface area contributed by atoms with Gasteiger partial charge in [-0.15, -0.1) is 0 Å². The highest BCUT2D eigenvalue weighted by atomic mass is 16.5. The third-order valence-electron chi connectivity index (χ3n) is 2.71. The van der Waals surface area contributed by atoms with Gasteiger partial charge in [-0.25, -0.2) is 0 Å². The second-order valence-corrected chi connectivity index (χ2v) is 4.54. The van der Waals surface area contributed by atoms with E-state index in [1.165, 1.54) is 6.92 Å². The predicted octanol–water partition coefficient (Wildman–Crippen LogP) is 2.79. The molecule has 0 heterocycles. The summed E-state index contributed by atoms with van der Waals surface area (Å²) in [6.45, 7) is 6.36. The number of rotatable bonds is 6. The molecule has 1 rings (SSSR count). The maximum absolute atomic E-state index is 11.0. The van der Waals surface area contributed by atoms with E-state index in [2.05, 4.69) is 17.6 Å². The van der Waals surface area contributed by atoms with E-state index in [-0.39, 0.29) is 5.91 Å². The Morgan fingerprint density at radius 2 is 2.17 bits per heavy atom. The van der Waals surface area contributed by atoms with Crippen LogP contribution in [0.4, 0.5) is 11.4 Å². The Morgan fingerprint density at radius 3 is 2.72 bits per heavy atom. The Morgan fingerprint density at radius 1 is 1.44 bits per heavy atom. The molecular formula is C14H22N2O2. The molecule has 1 amide bonds. The van der Waals surface area contributed by atoms with Gasteiger partial charge in [0.2, 0.25) is 5.91 Å². The topological polar surface area (TPSA) is 50.4 Å². The van der Waals surface area contributed by atoms with Crippen LogP contribution in [0.3, 0.4) is 0 Å². The Balaban J connectivity index is 2.63. The van der Waals surface area contributed by atoms with Crippen molar-refractivity contribution < 1.29 is 9.53 Å². The van der Waals surface area contributed by atoms with Crippen molar-refractivity contribution in [1.29, 1.82) is 0 Å². The molecule has 0 aliphatic rings. The quantitative estimate of drug-likeness (QED) is 0.816. The van der Waals surface area contributed by atoms with E-state index < -0.39 is 0 Å². The summed E-state index contributed by atoms with van der Waals surface area (Å²) in [7, 11) is 1.71.